The summed E-state index contributed by atoms with van der Waals surface area (Å²) in [6, 6.07) is 12.7. The van der Waals surface area contributed by atoms with E-state index in [2.05, 4.69) is 50.2 Å². The fourth-order valence-electron chi connectivity index (χ4n) is 5.82. The first-order valence-corrected chi connectivity index (χ1v) is 10.1. The lowest BCUT2D eigenvalue weighted by Gasteiger charge is -2.27. The van der Waals surface area contributed by atoms with Crippen LogP contribution < -0.4 is 0 Å². The van der Waals surface area contributed by atoms with E-state index >= 15 is 0 Å². The molecular formula is C25H26O3. The number of aliphatic hydroxyl groups is 1. The second-order valence-electron chi connectivity index (χ2n) is 8.84. The van der Waals surface area contributed by atoms with Crippen LogP contribution in [0.2, 0.25) is 0 Å². The van der Waals surface area contributed by atoms with Gasteiger partial charge in [-0.05, 0) is 56.4 Å². The number of ketones is 1. The molecule has 3 heteroatoms. The Kier molecular flexibility index (Phi) is 3.82. The summed E-state index contributed by atoms with van der Waals surface area (Å²) in [4.78, 5) is 13.4. The molecule has 1 N–H and O–H groups in total. The van der Waals surface area contributed by atoms with Crippen molar-refractivity contribution in [2.75, 3.05) is 0 Å². The van der Waals surface area contributed by atoms with Gasteiger partial charge in [-0.25, -0.2) is 0 Å². The summed E-state index contributed by atoms with van der Waals surface area (Å²) in [5.74, 6) is 0.0950. The summed E-state index contributed by atoms with van der Waals surface area (Å²) in [7, 11) is 0. The highest BCUT2D eigenvalue weighted by atomic mass is 16.5. The van der Waals surface area contributed by atoms with Crippen molar-refractivity contribution in [2.45, 2.75) is 52.2 Å². The van der Waals surface area contributed by atoms with Gasteiger partial charge in [-0.1, -0.05) is 47.5 Å². The van der Waals surface area contributed by atoms with Gasteiger partial charge in [0.1, 0.15) is 5.76 Å². The van der Waals surface area contributed by atoms with Crippen LogP contribution in [0.4, 0.5) is 0 Å². The topological polar surface area (TPSA) is 46.5 Å². The molecule has 1 aliphatic carbocycles. The van der Waals surface area contributed by atoms with Crippen molar-refractivity contribution in [3.05, 3.63) is 75.5 Å². The number of rotatable bonds is 2. The Morgan fingerprint density at radius 3 is 2.21 bits per heavy atom. The predicted octanol–water partition coefficient (Wildman–Crippen LogP) is 4.96. The van der Waals surface area contributed by atoms with E-state index in [9.17, 15) is 9.90 Å². The molecule has 1 unspecified atom stereocenters. The lowest BCUT2D eigenvalue weighted by Crippen LogP contribution is -2.33. The molecule has 5 rings (SSSR count). The van der Waals surface area contributed by atoms with Gasteiger partial charge >= 0.3 is 0 Å². The third-order valence-corrected chi connectivity index (χ3v) is 6.91. The van der Waals surface area contributed by atoms with Crippen LogP contribution in [-0.4, -0.2) is 23.1 Å². The highest BCUT2D eigenvalue weighted by molar-refractivity contribution is 6.26. The maximum atomic E-state index is 13.4. The Labute approximate surface area is 166 Å². The molecule has 5 atom stereocenters. The standard InChI is InChI=1S/C25H26O3/c1-12-5-7-16(8-6-12)17-11-18-20-22(25(17)28-18)24(27)21(23(20)26)19-14(3)9-13(2)10-15(19)4/h5-10,17-18,20,22,25,27H,11H2,1-4H3/t17?,18-,20-,22+,25+/m0/s1. The molecule has 28 heavy (non-hydrogen) atoms. The number of aliphatic hydroxyl groups excluding tert-OH is 1. The smallest absolute Gasteiger partial charge is 0.173 e. The monoisotopic (exact) mass is 374 g/mol. The lowest BCUT2D eigenvalue weighted by atomic mass is 9.72. The molecule has 2 aliphatic heterocycles. The number of Topliss-reactive ketones (excluding diaryl/α,β-unsaturated/α-hetero) is 1. The minimum absolute atomic E-state index is 0.0624. The quantitative estimate of drug-likeness (QED) is 0.808. The van der Waals surface area contributed by atoms with Crippen molar-refractivity contribution in [1.29, 1.82) is 0 Å². The lowest BCUT2D eigenvalue weighted by molar-refractivity contribution is -0.118. The molecule has 144 valence electrons. The third kappa shape index (κ3) is 2.35. The first-order valence-electron chi connectivity index (χ1n) is 10.1. The van der Waals surface area contributed by atoms with Crippen molar-refractivity contribution in [3.63, 3.8) is 0 Å². The van der Waals surface area contributed by atoms with E-state index < -0.39 is 0 Å². The molecule has 2 heterocycles. The zero-order chi connectivity index (χ0) is 19.7. The Bertz CT molecular complexity index is 992. The van der Waals surface area contributed by atoms with Crippen molar-refractivity contribution in [1.82, 2.24) is 0 Å². The van der Waals surface area contributed by atoms with Gasteiger partial charge in [-0.15, -0.1) is 0 Å². The fraction of sp³-hybridized carbons (Fsp3) is 0.400. The van der Waals surface area contributed by atoms with Crippen LogP contribution in [0.1, 0.15) is 45.7 Å². The van der Waals surface area contributed by atoms with Crippen LogP contribution in [0.15, 0.2) is 42.2 Å². The molecule has 0 spiro atoms. The second kappa shape index (κ2) is 6.05. The molecular weight excluding hydrogens is 348 g/mol. The maximum absolute atomic E-state index is 13.4. The van der Waals surface area contributed by atoms with E-state index in [-0.39, 0.29) is 41.5 Å². The number of aryl methyl sites for hydroxylation is 4. The number of allylic oxidation sites excluding steroid dienone is 1. The average molecular weight is 374 g/mol. The van der Waals surface area contributed by atoms with Crippen LogP contribution in [-0.2, 0) is 9.53 Å². The van der Waals surface area contributed by atoms with Crippen LogP contribution in [0.3, 0.4) is 0 Å². The van der Waals surface area contributed by atoms with Crippen molar-refractivity contribution in [2.24, 2.45) is 11.8 Å². The summed E-state index contributed by atoms with van der Waals surface area (Å²) in [5.41, 5.74) is 7.20. The van der Waals surface area contributed by atoms with Gasteiger partial charge in [0.25, 0.3) is 0 Å². The average Bonchev–Trinajstić information content (AvgIpc) is 3.29. The van der Waals surface area contributed by atoms with Gasteiger partial charge in [-0.3, -0.25) is 4.79 Å². The largest absolute Gasteiger partial charge is 0.511 e. The first-order chi connectivity index (χ1) is 13.4. The van der Waals surface area contributed by atoms with Crippen LogP contribution in [0.25, 0.3) is 5.57 Å². The number of hydrogen-bond acceptors (Lipinski definition) is 3. The van der Waals surface area contributed by atoms with Gasteiger partial charge in [0.15, 0.2) is 5.78 Å². The highest BCUT2D eigenvalue weighted by Gasteiger charge is 2.62. The molecule has 2 saturated heterocycles. The number of hydrogen-bond donors (Lipinski definition) is 1. The third-order valence-electron chi connectivity index (χ3n) is 6.91. The number of carbonyl (C=O) groups excluding carboxylic acids is 1. The second-order valence-corrected chi connectivity index (χ2v) is 8.84. The molecule has 0 radical (unpaired) electrons. The summed E-state index contributed by atoms with van der Waals surface area (Å²) < 4.78 is 6.23. The number of benzene rings is 2. The number of carbonyl (C=O) groups is 1. The van der Waals surface area contributed by atoms with E-state index in [0.717, 1.165) is 23.1 Å². The Hall–Kier alpha value is -2.39. The van der Waals surface area contributed by atoms with Crippen LogP contribution in [0, 0.1) is 39.5 Å². The summed E-state index contributed by atoms with van der Waals surface area (Å²) in [5, 5.41) is 11.2. The van der Waals surface area contributed by atoms with E-state index in [1.807, 2.05) is 13.8 Å². The first kappa shape index (κ1) is 17.7. The normalized spacial score (nSPS) is 31.0. The maximum Gasteiger partial charge on any atom is 0.173 e. The highest BCUT2D eigenvalue weighted by Crippen LogP contribution is 2.58. The van der Waals surface area contributed by atoms with Gasteiger partial charge in [0.2, 0.25) is 0 Å². The van der Waals surface area contributed by atoms with Crippen LogP contribution in [0.5, 0.6) is 0 Å². The number of ether oxygens (including phenoxy) is 1. The summed E-state index contributed by atoms with van der Waals surface area (Å²) >= 11 is 0. The van der Waals surface area contributed by atoms with E-state index in [1.165, 1.54) is 16.7 Å². The molecule has 3 aliphatic rings. The molecule has 2 fully saturated rings. The van der Waals surface area contributed by atoms with Gasteiger partial charge in [-0.2, -0.15) is 0 Å². The van der Waals surface area contributed by atoms with Crippen molar-refractivity contribution in [3.8, 4) is 0 Å². The van der Waals surface area contributed by atoms with E-state index in [0.29, 0.717) is 5.57 Å². The molecule has 2 bridgehead atoms. The zero-order valence-corrected chi connectivity index (χ0v) is 16.8. The summed E-state index contributed by atoms with van der Waals surface area (Å²) in [6.07, 6.45) is 0.636. The van der Waals surface area contributed by atoms with E-state index in [4.69, 9.17) is 4.74 Å². The minimum atomic E-state index is -0.234. The summed E-state index contributed by atoms with van der Waals surface area (Å²) in [6.45, 7) is 8.19. The molecule has 3 nitrogen and oxygen atoms in total. The predicted molar refractivity (Wildman–Crippen MR) is 109 cm³/mol. The molecule has 2 aromatic rings. The molecule has 0 saturated carbocycles. The van der Waals surface area contributed by atoms with Gasteiger partial charge < -0.3 is 9.84 Å². The Morgan fingerprint density at radius 1 is 0.929 bits per heavy atom. The Balaban J connectivity index is 1.57. The fourth-order valence-corrected chi connectivity index (χ4v) is 5.82. The number of fused-ring (bicyclic) bond motifs is 5. The zero-order valence-electron chi connectivity index (χ0n) is 16.8. The molecule has 2 aromatic carbocycles. The minimum Gasteiger partial charge on any atom is -0.511 e. The Morgan fingerprint density at radius 2 is 1.57 bits per heavy atom. The van der Waals surface area contributed by atoms with Gasteiger partial charge in [0.05, 0.1) is 29.6 Å². The van der Waals surface area contributed by atoms with Gasteiger partial charge in [0, 0.05) is 5.92 Å². The van der Waals surface area contributed by atoms with Crippen LogP contribution >= 0.6 is 0 Å². The molecule has 0 aromatic heterocycles. The van der Waals surface area contributed by atoms with E-state index in [1.54, 1.807) is 0 Å². The molecule has 0 amide bonds. The SMILES string of the molecule is Cc1ccc(C2C[C@@H]3O[C@H]2[C@H]2C(O)=C(c4c(C)cc(C)cc4C)C(=O)[C@H]23)cc1. The van der Waals surface area contributed by atoms with Crippen molar-refractivity contribution < 1.29 is 14.6 Å². The van der Waals surface area contributed by atoms with Crippen molar-refractivity contribution >= 4 is 11.4 Å².